The summed E-state index contributed by atoms with van der Waals surface area (Å²) >= 11 is 0. The number of ether oxygens (including phenoxy) is 1. The highest BCUT2D eigenvalue weighted by Crippen LogP contribution is 2.18. The summed E-state index contributed by atoms with van der Waals surface area (Å²) in [5.41, 5.74) is 0.465. The van der Waals surface area contributed by atoms with Crippen LogP contribution < -0.4 is 4.74 Å². The number of ketones is 1. The van der Waals surface area contributed by atoms with E-state index in [2.05, 4.69) is 9.97 Å². The van der Waals surface area contributed by atoms with E-state index in [-0.39, 0.29) is 5.78 Å². The molecule has 0 N–H and O–H groups in total. The molecule has 0 aliphatic rings. The zero-order valence-electron chi connectivity index (χ0n) is 9.04. The second-order valence-electron chi connectivity index (χ2n) is 3.27. The second kappa shape index (κ2) is 4.14. The molecule has 0 saturated heterocycles. The number of hydrogen-bond acceptors (Lipinski definition) is 4. The highest BCUT2D eigenvalue weighted by atomic mass is 16.5. The minimum absolute atomic E-state index is 0.174. The quantitative estimate of drug-likeness (QED) is 0.721. The van der Waals surface area contributed by atoms with Crippen molar-refractivity contribution in [2.45, 2.75) is 0 Å². The topological polar surface area (TPSA) is 57.0 Å². The minimum Gasteiger partial charge on any atom is -0.494 e. The van der Waals surface area contributed by atoms with Crippen LogP contribution in [0.4, 0.5) is 0 Å². The molecule has 0 amide bonds. The molecule has 0 unspecified atom stereocenters. The number of carbonyl (C=O) groups is 1. The van der Waals surface area contributed by atoms with Gasteiger partial charge in [0.25, 0.3) is 0 Å². The zero-order chi connectivity index (χ0) is 11.5. The van der Waals surface area contributed by atoms with Crippen LogP contribution in [0.5, 0.6) is 5.75 Å². The second-order valence-corrected chi connectivity index (χ2v) is 3.27. The highest BCUT2D eigenvalue weighted by Gasteiger charge is 2.17. The fraction of sp³-hybridized carbons (Fsp3) is 0.182. The Bertz CT molecular complexity index is 519. The molecule has 0 aromatic carbocycles. The molecule has 0 atom stereocenters. The summed E-state index contributed by atoms with van der Waals surface area (Å²) in [5.74, 6) is 0.659. The van der Waals surface area contributed by atoms with Gasteiger partial charge >= 0.3 is 0 Å². The molecule has 0 saturated carbocycles. The molecule has 2 aromatic rings. The van der Waals surface area contributed by atoms with Crippen LogP contribution in [-0.4, -0.2) is 27.4 Å². The largest absolute Gasteiger partial charge is 0.494 e. The Morgan fingerprint density at radius 3 is 2.88 bits per heavy atom. The molecule has 0 spiro atoms. The van der Waals surface area contributed by atoms with Gasteiger partial charge in [0.15, 0.2) is 5.82 Å². The van der Waals surface area contributed by atoms with E-state index < -0.39 is 0 Å². The first kappa shape index (κ1) is 10.4. The van der Waals surface area contributed by atoms with Crippen molar-refractivity contribution in [2.24, 2.45) is 7.05 Å². The van der Waals surface area contributed by atoms with Crippen molar-refractivity contribution < 1.29 is 9.53 Å². The third-order valence-corrected chi connectivity index (χ3v) is 2.27. The van der Waals surface area contributed by atoms with Gasteiger partial charge in [-0.15, -0.1) is 0 Å². The maximum atomic E-state index is 12.1. The van der Waals surface area contributed by atoms with Crippen LogP contribution in [0.2, 0.25) is 0 Å². The van der Waals surface area contributed by atoms with E-state index in [1.807, 2.05) is 0 Å². The number of hydrogen-bond donors (Lipinski definition) is 0. The number of carbonyl (C=O) groups excluding carboxylic acids is 1. The Labute approximate surface area is 92.7 Å². The Morgan fingerprint density at radius 1 is 1.44 bits per heavy atom. The Hall–Kier alpha value is -2.17. The van der Waals surface area contributed by atoms with Gasteiger partial charge in [-0.25, -0.2) is 4.98 Å². The SMILES string of the molecule is COc1cnccc1C(=O)c1nccn1C. The predicted molar refractivity (Wildman–Crippen MR) is 57.4 cm³/mol. The zero-order valence-corrected chi connectivity index (χ0v) is 9.04. The van der Waals surface area contributed by atoms with Crippen LogP contribution in [-0.2, 0) is 7.05 Å². The summed E-state index contributed by atoms with van der Waals surface area (Å²) < 4.78 is 6.75. The maximum Gasteiger partial charge on any atom is 0.232 e. The molecule has 16 heavy (non-hydrogen) atoms. The standard InChI is InChI=1S/C11H11N3O2/c1-14-6-5-13-11(14)10(15)8-3-4-12-7-9(8)16-2/h3-7H,1-2H3. The number of pyridine rings is 1. The van der Waals surface area contributed by atoms with E-state index in [1.165, 1.54) is 13.3 Å². The summed E-state index contributed by atoms with van der Waals surface area (Å²) in [5, 5.41) is 0. The molecule has 0 radical (unpaired) electrons. The molecular formula is C11H11N3O2. The smallest absolute Gasteiger partial charge is 0.232 e. The normalized spacial score (nSPS) is 10.1. The maximum absolute atomic E-state index is 12.1. The van der Waals surface area contributed by atoms with Gasteiger partial charge in [0.1, 0.15) is 5.75 Å². The van der Waals surface area contributed by atoms with Gasteiger partial charge in [0.2, 0.25) is 5.78 Å². The van der Waals surface area contributed by atoms with Gasteiger partial charge in [-0.2, -0.15) is 0 Å². The number of nitrogens with zero attached hydrogens (tertiary/aromatic N) is 3. The van der Waals surface area contributed by atoms with Gasteiger partial charge in [-0.3, -0.25) is 9.78 Å². The molecule has 0 aliphatic carbocycles. The van der Waals surface area contributed by atoms with Crippen molar-refractivity contribution in [1.29, 1.82) is 0 Å². The first-order valence-corrected chi connectivity index (χ1v) is 4.74. The summed E-state index contributed by atoms with van der Waals surface area (Å²) in [6.45, 7) is 0. The van der Waals surface area contributed by atoms with Gasteiger partial charge in [-0.05, 0) is 6.07 Å². The Morgan fingerprint density at radius 2 is 2.25 bits per heavy atom. The van der Waals surface area contributed by atoms with Gasteiger partial charge < -0.3 is 9.30 Å². The fourth-order valence-corrected chi connectivity index (χ4v) is 1.44. The molecule has 5 heteroatoms. The van der Waals surface area contributed by atoms with Gasteiger partial charge in [-0.1, -0.05) is 0 Å². The fourth-order valence-electron chi connectivity index (χ4n) is 1.44. The third kappa shape index (κ3) is 1.67. The van der Waals surface area contributed by atoms with E-state index >= 15 is 0 Å². The van der Waals surface area contributed by atoms with E-state index in [9.17, 15) is 4.79 Å². The molecule has 0 aliphatic heterocycles. The van der Waals surface area contributed by atoms with Crippen molar-refractivity contribution >= 4 is 5.78 Å². The van der Waals surface area contributed by atoms with E-state index in [4.69, 9.17) is 4.74 Å². The molecule has 2 rings (SSSR count). The number of aromatic nitrogens is 3. The average molecular weight is 217 g/mol. The van der Waals surface area contributed by atoms with Crippen LogP contribution in [0.1, 0.15) is 16.2 Å². The van der Waals surface area contributed by atoms with E-state index in [1.54, 1.807) is 36.3 Å². The van der Waals surface area contributed by atoms with Crippen molar-refractivity contribution in [3.63, 3.8) is 0 Å². The van der Waals surface area contributed by atoms with Crippen molar-refractivity contribution in [3.8, 4) is 5.75 Å². The van der Waals surface area contributed by atoms with Crippen LogP contribution in [0.15, 0.2) is 30.9 Å². The molecule has 0 fully saturated rings. The number of rotatable bonds is 3. The van der Waals surface area contributed by atoms with Crippen LogP contribution in [0.25, 0.3) is 0 Å². The summed E-state index contributed by atoms with van der Waals surface area (Å²) in [6, 6.07) is 1.62. The number of methoxy groups -OCH3 is 1. The van der Waals surface area contributed by atoms with Crippen LogP contribution in [0.3, 0.4) is 0 Å². The molecular weight excluding hydrogens is 206 g/mol. The molecule has 2 heterocycles. The summed E-state index contributed by atoms with van der Waals surface area (Å²) in [6.07, 6.45) is 6.37. The predicted octanol–water partition coefficient (Wildman–Crippen LogP) is 1.05. The summed E-state index contributed by atoms with van der Waals surface area (Å²) in [7, 11) is 3.28. The lowest BCUT2D eigenvalue weighted by molar-refractivity contribution is 0.102. The lowest BCUT2D eigenvalue weighted by Crippen LogP contribution is -2.10. The van der Waals surface area contributed by atoms with E-state index in [0.717, 1.165) is 0 Å². The lowest BCUT2D eigenvalue weighted by Gasteiger charge is -2.06. The number of aryl methyl sites for hydroxylation is 1. The van der Waals surface area contributed by atoms with Crippen LogP contribution in [0, 0.1) is 0 Å². The van der Waals surface area contributed by atoms with Gasteiger partial charge in [0.05, 0.1) is 18.9 Å². The molecule has 2 aromatic heterocycles. The Kier molecular flexibility index (Phi) is 2.68. The summed E-state index contributed by atoms with van der Waals surface area (Å²) in [4.78, 5) is 20.0. The Balaban J connectivity index is 2.46. The average Bonchev–Trinajstić information content (AvgIpc) is 2.74. The first-order chi connectivity index (χ1) is 7.74. The first-order valence-electron chi connectivity index (χ1n) is 4.74. The van der Waals surface area contributed by atoms with Crippen molar-refractivity contribution in [3.05, 3.63) is 42.2 Å². The lowest BCUT2D eigenvalue weighted by atomic mass is 10.1. The van der Waals surface area contributed by atoms with Crippen molar-refractivity contribution in [2.75, 3.05) is 7.11 Å². The third-order valence-electron chi connectivity index (χ3n) is 2.27. The molecule has 0 bridgehead atoms. The van der Waals surface area contributed by atoms with E-state index in [0.29, 0.717) is 17.1 Å². The monoisotopic (exact) mass is 217 g/mol. The molecule has 82 valence electrons. The van der Waals surface area contributed by atoms with Gasteiger partial charge in [0, 0.05) is 25.6 Å². The van der Waals surface area contributed by atoms with Crippen molar-refractivity contribution in [1.82, 2.24) is 14.5 Å². The van der Waals surface area contributed by atoms with Crippen LogP contribution >= 0.6 is 0 Å². The number of imidazole rings is 1. The minimum atomic E-state index is -0.174. The highest BCUT2D eigenvalue weighted by molar-refractivity contribution is 6.08. The molecule has 5 nitrogen and oxygen atoms in total.